The molecule has 2 aromatic carbocycles. The van der Waals surface area contributed by atoms with E-state index in [1.54, 1.807) is 4.90 Å². The van der Waals surface area contributed by atoms with Crippen LogP contribution in [-0.2, 0) is 22.3 Å². The van der Waals surface area contributed by atoms with Crippen molar-refractivity contribution in [3.63, 3.8) is 0 Å². The number of H-pyrrole nitrogens is 1. The van der Waals surface area contributed by atoms with Gasteiger partial charge in [0, 0.05) is 35.1 Å². The lowest BCUT2D eigenvalue weighted by molar-refractivity contribution is -0.152. The molecular weight excluding hydrogens is 611 g/mol. The Morgan fingerprint density at radius 2 is 1.52 bits per heavy atom. The maximum atomic E-state index is 14.8. The molecule has 2 amide bonds. The number of carbonyl (C=O) groups is 2. The molecule has 0 spiro atoms. The first-order valence-electron chi connectivity index (χ1n) is 18.1. The molecule has 3 aromatic rings. The van der Waals surface area contributed by atoms with Gasteiger partial charge in [0.2, 0.25) is 11.8 Å². The summed E-state index contributed by atoms with van der Waals surface area (Å²) in [6, 6.07) is 13.4. The number of nitrogens with zero attached hydrogens (tertiary/aromatic N) is 1. The van der Waals surface area contributed by atoms with Gasteiger partial charge in [-0.15, -0.1) is 0 Å². The first-order chi connectivity index (χ1) is 22.8. The molecule has 256 valence electrons. The minimum Gasteiger partial charge on any atom is -0.358 e. The van der Waals surface area contributed by atoms with Gasteiger partial charge in [0.15, 0.2) is 0 Å². The molecule has 4 bridgehead atoms. The van der Waals surface area contributed by atoms with Crippen molar-refractivity contribution in [3.8, 4) is 0 Å². The van der Waals surface area contributed by atoms with Crippen LogP contribution in [0, 0.1) is 36.0 Å². The molecule has 1 heterocycles. The molecule has 0 radical (unpaired) electrons. The van der Waals surface area contributed by atoms with Crippen molar-refractivity contribution >= 4 is 22.7 Å². The third-order valence-electron chi connectivity index (χ3n) is 13.4. The predicted octanol–water partition coefficient (Wildman–Crippen LogP) is 9.05. The highest BCUT2D eigenvalue weighted by Gasteiger charge is 2.61. The zero-order chi connectivity index (χ0) is 33.6. The van der Waals surface area contributed by atoms with Crippen LogP contribution < -0.4 is 5.32 Å². The molecule has 6 fully saturated rings. The Balaban J connectivity index is 1.11. The number of hydrogen-bond donors (Lipinski definition) is 2. The number of fused-ring (bicyclic) bond motifs is 1. The largest absolute Gasteiger partial charge is 0.416 e. The van der Waals surface area contributed by atoms with Crippen LogP contribution in [0.3, 0.4) is 0 Å². The average Bonchev–Trinajstić information content (AvgIpc) is 3.37. The topological polar surface area (TPSA) is 65.2 Å². The van der Waals surface area contributed by atoms with Crippen molar-refractivity contribution in [2.75, 3.05) is 0 Å². The van der Waals surface area contributed by atoms with E-state index in [9.17, 15) is 22.8 Å². The van der Waals surface area contributed by atoms with Crippen LogP contribution in [0.25, 0.3) is 10.9 Å². The van der Waals surface area contributed by atoms with E-state index in [1.165, 1.54) is 42.3 Å². The molecule has 2 unspecified atom stereocenters. The molecule has 2 atom stereocenters. The van der Waals surface area contributed by atoms with E-state index in [-0.39, 0.29) is 41.1 Å². The van der Waals surface area contributed by atoms with Gasteiger partial charge < -0.3 is 15.2 Å². The summed E-state index contributed by atoms with van der Waals surface area (Å²) in [5, 5.41) is 4.80. The van der Waals surface area contributed by atoms with Crippen molar-refractivity contribution in [2.24, 2.45) is 29.1 Å². The maximum Gasteiger partial charge on any atom is 0.416 e. The number of alkyl halides is 3. The summed E-state index contributed by atoms with van der Waals surface area (Å²) in [5.74, 6) is 2.17. The lowest BCUT2D eigenvalue weighted by atomic mass is 9.53. The molecule has 5 nitrogen and oxygen atoms in total. The highest BCUT2D eigenvalue weighted by atomic mass is 19.4. The van der Waals surface area contributed by atoms with E-state index in [1.807, 2.05) is 12.1 Å². The average molecular weight is 660 g/mol. The highest BCUT2D eigenvalue weighted by molar-refractivity contribution is 5.93. The van der Waals surface area contributed by atoms with Crippen LogP contribution in [0.5, 0.6) is 0 Å². The minimum absolute atomic E-state index is 0.0405. The van der Waals surface area contributed by atoms with Crippen molar-refractivity contribution < 1.29 is 22.8 Å². The number of rotatable bonds is 8. The summed E-state index contributed by atoms with van der Waals surface area (Å²) in [5.41, 5.74) is 2.06. The van der Waals surface area contributed by atoms with Gasteiger partial charge in [-0.1, -0.05) is 57.0 Å². The van der Waals surface area contributed by atoms with Gasteiger partial charge in [-0.25, -0.2) is 0 Å². The lowest BCUT2D eigenvalue weighted by Gasteiger charge is -2.57. The Morgan fingerprint density at radius 1 is 0.917 bits per heavy atom. The fourth-order valence-electron chi connectivity index (χ4n) is 11.4. The number of benzene rings is 2. The smallest absolute Gasteiger partial charge is 0.358 e. The summed E-state index contributed by atoms with van der Waals surface area (Å²) in [6.45, 7) is 6.67. The molecule has 6 aliphatic rings. The van der Waals surface area contributed by atoms with Crippen molar-refractivity contribution in [1.82, 2.24) is 15.2 Å². The van der Waals surface area contributed by atoms with E-state index in [0.29, 0.717) is 42.6 Å². The highest BCUT2D eigenvalue weighted by Crippen LogP contribution is 2.67. The Bertz CT molecular complexity index is 1700. The molecule has 9 rings (SSSR count). The molecule has 48 heavy (non-hydrogen) atoms. The SMILES string of the molecule is Cc1[nH]c2ccccc2c1C1C(CC(=O)N(Cc2ccc(C(F)(F)F)cc2)C2(C(=O)NC34CC5CC(CC(C5)C3)C4)CCCC2)C1(C)C. The number of carbonyl (C=O) groups excluding carboxylic acids is 2. The summed E-state index contributed by atoms with van der Waals surface area (Å²) >= 11 is 0. The van der Waals surface area contributed by atoms with Gasteiger partial charge in [0.25, 0.3) is 0 Å². The van der Waals surface area contributed by atoms with Gasteiger partial charge in [-0.2, -0.15) is 13.2 Å². The van der Waals surface area contributed by atoms with E-state index in [0.717, 1.165) is 55.4 Å². The fraction of sp³-hybridized carbons (Fsp3) is 0.600. The Morgan fingerprint density at radius 3 is 2.12 bits per heavy atom. The molecule has 1 aromatic heterocycles. The molecule has 6 aliphatic carbocycles. The second kappa shape index (κ2) is 11.1. The molecule has 6 saturated carbocycles. The lowest BCUT2D eigenvalue weighted by Crippen LogP contribution is -2.66. The van der Waals surface area contributed by atoms with Crippen LogP contribution in [0.1, 0.15) is 113 Å². The van der Waals surface area contributed by atoms with Gasteiger partial charge in [-0.05, 0) is 123 Å². The van der Waals surface area contributed by atoms with Gasteiger partial charge in [-0.3, -0.25) is 9.59 Å². The Labute approximate surface area is 281 Å². The quantitative estimate of drug-likeness (QED) is 0.254. The maximum absolute atomic E-state index is 14.8. The van der Waals surface area contributed by atoms with Crippen molar-refractivity contribution in [2.45, 2.75) is 121 Å². The first-order valence-corrected chi connectivity index (χ1v) is 18.1. The zero-order valence-corrected chi connectivity index (χ0v) is 28.4. The van der Waals surface area contributed by atoms with Crippen LogP contribution in [0.15, 0.2) is 48.5 Å². The molecular formula is C40H48F3N3O2. The third kappa shape index (κ3) is 5.27. The second-order valence-electron chi connectivity index (χ2n) is 16.9. The normalized spacial score (nSPS) is 31.2. The van der Waals surface area contributed by atoms with E-state index < -0.39 is 17.3 Å². The number of aromatic nitrogens is 1. The summed E-state index contributed by atoms with van der Waals surface area (Å²) in [4.78, 5) is 34.9. The second-order valence-corrected chi connectivity index (χ2v) is 16.9. The van der Waals surface area contributed by atoms with Crippen LogP contribution in [0.4, 0.5) is 13.2 Å². The van der Waals surface area contributed by atoms with Crippen molar-refractivity contribution in [1.29, 1.82) is 0 Å². The summed E-state index contributed by atoms with van der Waals surface area (Å²) < 4.78 is 40.4. The molecule has 0 saturated heterocycles. The summed E-state index contributed by atoms with van der Waals surface area (Å²) in [6.07, 6.45) is 5.59. The van der Waals surface area contributed by atoms with Crippen molar-refractivity contribution in [3.05, 3.63) is 70.9 Å². The number of hydrogen-bond acceptors (Lipinski definition) is 2. The molecule has 2 N–H and O–H groups in total. The van der Waals surface area contributed by atoms with Crippen LogP contribution in [0.2, 0.25) is 0 Å². The Hall–Kier alpha value is -3.29. The third-order valence-corrected chi connectivity index (χ3v) is 13.4. The number of nitrogens with one attached hydrogen (secondary N) is 2. The van der Waals surface area contributed by atoms with Crippen LogP contribution >= 0.6 is 0 Å². The van der Waals surface area contributed by atoms with Crippen LogP contribution in [-0.4, -0.2) is 32.8 Å². The standard InChI is InChI=1S/C40H48F3N3O2/c1-24-34(30-8-4-5-9-32(30)44-24)35-31(37(35,2)3)19-33(47)46(23-25-10-12-29(13-11-25)40(41,42)43)39(14-6-7-15-39)36(48)45-38-20-26-16-27(21-38)18-28(17-26)22-38/h4-5,8-13,26-28,31,35,44H,6-7,14-23H2,1-3H3,(H,45,48). The van der Waals surface area contributed by atoms with Gasteiger partial charge in [0.1, 0.15) is 5.54 Å². The first kappa shape index (κ1) is 31.9. The monoisotopic (exact) mass is 659 g/mol. The zero-order valence-electron chi connectivity index (χ0n) is 28.4. The summed E-state index contributed by atoms with van der Waals surface area (Å²) in [7, 11) is 0. The van der Waals surface area contributed by atoms with E-state index >= 15 is 0 Å². The van der Waals surface area contributed by atoms with E-state index in [2.05, 4.69) is 43.2 Å². The number of amides is 2. The molecule has 8 heteroatoms. The number of halogens is 3. The minimum atomic E-state index is -4.44. The molecule has 0 aliphatic heterocycles. The predicted molar refractivity (Wildman–Crippen MR) is 180 cm³/mol. The van der Waals surface area contributed by atoms with Gasteiger partial charge in [0.05, 0.1) is 5.56 Å². The number of aryl methyl sites for hydroxylation is 1. The van der Waals surface area contributed by atoms with E-state index in [4.69, 9.17) is 0 Å². The number of aromatic amines is 1. The van der Waals surface area contributed by atoms with Gasteiger partial charge >= 0.3 is 6.18 Å². The Kier molecular flexibility index (Phi) is 7.40. The number of para-hydroxylation sites is 1. The fourth-order valence-corrected chi connectivity index (χ4v) is 11.4.